The third-order valence-corrected chi connectivity index (χ3v) is 3.10. The van der Waals surface area contributed by atoms with Gasteiger partial charge < -0.3 is 11.1 Å². The van der Waals surface area contributed by atoms with E-state index in [9.17, 15) is 18.0 Å². The molecule has 1 unspecified atom stereocenters. The molecule has 20 heavy (non-hydrogen) atoms. The molecule has 0 bridgehead atoms. The van der Waals surface area contributed by atoms with E-state index < -0.39 is 28.9 Å². The normalized spacial score (nSPS) is 12.2. The van der Waals surface area contributed by atoms with Gasteiger partial charge in [-0.2, -0.15) is 0 Å². The van der Waals surface area contributed by atoms with Gasteiger partial charge in [-0.15, -0.1) is 0 Å². The molecule has 0 aromatic heterocycles. The molecule has 0 radical (unpaired) electrons. The Morgan fingerprint density at radius 3 is 2.55 bits per heavy atom. The molecule has 0 saturated carbocycles. The second kappa shape index (κ2) is 7.89. The van der Waals surface area contributed by atoms with E-state index in [4.69, 9.17) is 5.73 Å². The van der Waals surface area contributed by atoms with E-state index in [2.05, 4.69) is 5.32 Å². The summed E-state index contributed by atoms with van der Waals surface area (Å²) in [7, 11) is 0. The zero-order chi connectivity index (χ0) is 15.1. The fraction of sp³-hybridized carbons (Fsp3) is 0.500. The van der Waals surface area contributed by atoms with Gasteiger partial charge in [-0.3, -0.25) is 4.79 Å². The molecular formula is C14H19F3N2O. The number of nitrogens with two attached hydrogens (primary N) is 1. The van der Waals surface area contributed by atoms with Crippen LogP contribution in [0.15, 0.2) is 12.1 Å². The quantitative estimate of drug-likeness (QED) is 0.758. The van der Waals surface area contributed by atoms with Crippen molar-refractivity contribution in [2.75, 3.05) is 13.1 Å². The molecule has 1 atom stereocenters. The summed E-state index contributed by atoms with van der Waals surface area (Å²) in [5, 5.41) is 2.53. The van der Waals surface area contributed by atoms with E-state index >= 15 is 0 Å². The highest BCUT2D eigenvalue weighted by molar-refractivity contribution is 5.94. The molecule has 0 heterocycles. The minimum Gasteiger partial charge on any atom is -0.352 e. The lowest BCUT2D eigenvalue weighted by Crippen LogP contribution is -2.31. The lowest BCUT2D eigenvalue weighted by Gasteiger charge is -2.16. The number of carbonyl (C=O) groups excluding carboxylic acids is 1. The summed E-state index contributed by atoms with van der Waals surface area (Å²) in [5.74, 6) is -4.97. The Morgan fingerprint density at radius 2 is 1.95 bits per heavy atom. The maximum Gasteiger partial charge on any atom is 0.254 e. The first kappa shape index (κ1) is 16.5. The molecule has 0 saturated heterocycles. The molecular weight excluding hydrogens is 269 g/mol. The molecule has 1 amide bonds. The zero-order valence-electron chi connectivity index (χ0n) is 11.4. The summed E-state index contributed by atoms with van der Waals surface area (Å²) >= 11 is 0. The summed E-state index contributed by atoms with van der Waals surface area (Å²) in [4.78, 5) is 11.8. The largest absolute Gasteiger partial charge is 0.352 e. The Labute approximate surface area is 116 Å². The summed E-state index contributed by atoms with van der Waals surface area (Å²) in [6, 6.07) is 1.66. The molecule has 1 aromatic carbocycles. The van der Waals surface area contributed by atoms with Crippen molar-refractivity contribution < 1.29 is 18.0 Å². The van der Waals surface area contributed by atoms with E-state index in [1.807, 2.05) is 6.92 Å². The summed E-state index contributed by atoms with van der Waals surface area (Å²) in [6.07, 6.45) is 2.58. The van der Waals surface area contributed by atoms with Crippen molar-refractivity contribution >= 4 is 5.91 Å². The van der Waals surface area contributed by atoms with Crippen molar-refractivity contribution in [1.82, 2.24) is 5.32 Å². The average Bonchev–Trinajstić information content (AvgIpc) is 2.42. The van der Waals surface area contributed by atoms with E-state index in [1.54, 1.807) is 0 Å². The Hall–Kier alpha value is -1.56. The number of rotatable bonds is 7. The van der Waals surface area contributed by atoms with Crippen LogP contribution in [0.25, 0.3) is 0 Å². The minimum atomic E-state index is -1.63. The molecule has 0 aliphatic heterocycles. The lowest BCUT2D eigenvalue weighted by molar-refractivity contribution is 0.0940. The van der Waals surface area contributed by atoms with Crippen molar-refractivity contribution in [2.45, 2.75) is 26.2 Å². The maximum absolute atomic E-state index is 13.4. The number of nitrogens with one attached hydrogen (secondary N) is 1. The average molecular weight is 288 g/mol. The molecule has 0 aliphatic carbocycles. The second-order valence-electron chi connectivity index (χ2n) is 4.66. The SMILES string of the molecule is CCCC(CCN)CNC(=O)c1ccc(F)c(F)c1F. The molecule has 3 N–H and O–H groups in total. The maximum atomic E-state index is 13.4. The van der Waals surface area contributed by atoms with Crippen LogP contribution < -0.4 is 11.1 Å². The fourth-order valence-electron chi connectivity index (χ4n) is 2.03. The second-order valence-corrected chi connectivity index (χ2v) is 4.66. The highest BCUT2D eigenvalue weighted by Gasteiger charge is 2.19. The van der Waals surface area contributed by atoms with E-state index in [0.29, 0.717) is 13.1 Å². The predicted molar refractivity (Wildman–Crippen MR) is 70.7 cm³/mol. The number of amides is 1. The van der Waals surface area contributed by atoms with Crippen LogP contribution in [0.1, 0.15) is 36.5 Å². The van der Waals surface area contributed by atoms with E-state index in [-0.39, 0.29) is 5.92 Å². The zero-order valence-corrected chi connectivity index (χ0v) is 11.4. The summed E-state index contributed by atoms with van der Waals surface area (Å²) < 4.78 is 39.3. The monoisotopic (exact) mass is 288 g/mol. The van der Waals surface area contributed by atoms with Crippen LogP contribution in [-0.4, -0.2) is 19.0 Å². The van der Waals surface area contributed by atoms with Gasteiger partial charge in [-0.1, -0.05) is 13.3 Å². The highest BCUT2D eigenvalue weighted by Crippen LogP contribution is 2.15. The fourth-order valence-corrected chi connectivity index (χ4v) is 2.03. The van der Waals surface area contributed by atoms with Crippen molar-refractivity contribution in [2.24, 2.45) is 11.7 Å². The van der Waals surface area contributed by atoms with Crippen LogP contribution in [0.2, 0.25) is 0 Å². The number of hydrogen-bond donors (Lipinski definition) is 2. The van der Waals surface area contributed by atoms with Crippen LogP contribution in [0.5, 0.6) is 0 Å². The van der Waals surface area contributed by atoms with Crippen LogP contribution in [-0.2, 0) is 0 Å². The van der Waals surface area contributed by atoms with Gasteiger partial charge >= 0.3 is 0 Å². The van der Waals surface area contributed by atoms with Crippen LogP contribution in [0.4, 0.5) is 13.2 Å². The molecule has 0 spiro atoms. The molecule has 3 nitrogen and oxygen atoms in total. The van der Waals surface area contributed by atoms with Gasteiger partial charge in [0.2, 0.25) is 0 Å². The van der Waals surface area contributed by atoms with Gasteiger partial charge in [0.15, 0.2) is 17.5 Å². The predicted octanol–water partition coefficient (Wildman–Crippen LogP) is 2.60. The van der Waals surface area contributed by atoms with Gasteiger partial charge in [0, 0.05) is 6.54 Å². The van der Waals surface area contributed by atoms with Crippen LogP contribution in [0.3, 0.4) is 0 Å². The number of hydrogen-bond acceptors (Lipinski definition) is 2. The van der Waals surface area contributed by atoms with Gasteiger partial charge in [0.05, 0.1) is 5.56 Å². The van der Waals surface area contributed by atoms with E-state index in [0.717, 1.165) is 31.4 Å². The van der Waals surface area contributed by atoms with E-state index in [1.165, 1.54) is 0 Å². The van der Waals surface area contributed by atoms with Gasteiger partial charge in [0.25, 0.3) is 5.91 Å². The van der Waals surface area contributed by atoms with Crippen molar-refractivity contribution in [1.29, 1.82) is 0 Å². The Balaban J connectivity index is 2.69. The molecule has 112 valence electrons. The van der Waals surface area contributed by atoms with Crippen molar-refractivity contribution in [3.63, 3.8) is 0 Å². The Kier molecular flexibility index (Phi) is 6.51. The summed E-state index contributed by atoms with van der Waals surface area (Å²) in [5.41, 5.74) is 4.98. The van der Waals surface area contributed by atoms with Crippen LogP contribution >= 0.6 is 0 Å². The number of halogens is 3. The standard InChI is InChI=1S/C14H19F3N2O/c1-2-3-9(6-7-18)8-19-14(20)10-4-5-11(15)13(17)12(10)16/h4-5,9H,2-3,6-8,18H2,1H3,(H,19,20). The molecule has 0 aliphatic rings. The topological polar surface area (TPSA) is 55.1 Å². The Morgan fingerprint density at radius 1 is 1.25 bits per heavy atom. The Bertz CT molecular complexity index is 460. The number of benzene rings is 1. The summed E-state index contributed by atoms with van der Waals surface area (Å²) in [6.45, 7) is 2.85. The van der Waals surface area contributed by atoms with Crippen LogP contribution in [0, 0.1) is 23.4 Å². The lowest BCUT2D eigenvalue weighted by atomic mass is 9.99. The first-order valence-electron chi connectivity index (χ1n) is 6.63. The number of carbonyl (C=O) groups is 1. The van der Waals surface area contributed by atoms with Crippen molar-refractivity contribution in [3.8, 4) is 0 Å². The molecule has 1 aromatic rings. The van der Waals surface area contributed by atoms with Crippen molar-refractivity contribution in [3.05, 3.63) is 35.1 Å². The third kappa shape index (κ3) is 4.23. The first-order valence-corrected chi connectivity index (χ1v) is 6.63. The molecule has 1 rings (SSSR count). The van der Waals surface area contributed by atoms with Gasteiger partial charge in [0.1, 0.15) is 0 Å². The molecule has 0 fully saturated rings. The van der Waals surface area contributed by atoms with Gasteiger partial charge in [-0.25, -0.2) is 13.2 Å². The highest BCUT2D eigenvalue weighted by atomic mass is 19.2. The molecule has 6 heteroatoms. The van der Waals surface area contributed by atoms with Gasteiger partial charge in [-0.05, 0) is 37.4 Å². The minimum absolute atomic E-state index is 0.197. The first-order chi connectivity index (χ1) is 9.51. The smallest absolute Gasteiger partial charge is 0.254 e. The third-order valence-electron chi connectivity index (χ3n) is 3.10.